The minimum atomic E-state index is -0.625. The van der Waals surface area contributed by atoms with Crippen molar-refractivity contribution in [2.24, 2.45) is 0 Å². The Hall–Kier alpha value is 0.310. The summed E-state index contributed by atoms with van der Waals surface area (Å²) in [6, 6.07) is 6.75. The van der Waals surface area contributed by atoms with Crippen LogP contribution in [-0.2, 0) is 9.53 Å². The lowest BCUT2D eigenvalue weighted by Crippen LogP contribution is -2.30. The van der Waals surface area contributed by atoms with Gasteiger partial charge >= 0.3 is 5.97 Å². The number of hydrogen-bond acceptors (Lipinski definition) is 7. The lowest BCUT2D eigenvalue weighted by atomic mass is 10.0. The zero-order valence-corrected chi connectivity index (χ0v) is 29.6. The van der Waals surface area contributed by atoms with Gasteiger partial charge in [-0.3, -0.25) is 0 Å². The number of benzene rings is 2. The number of phenolic OH excluding ortho intramolecular Hbond substituents is 1. The summed E-state index contributed by atoms with van der Waals surface area (Å²) in [5.74, 6) is 1.20. The van der Waals surface area contributed by atoms with E-state index in [9.17, 15) is 20.1 Å². The number of rotatable bonds is 14. The smallest absolute Gasteiger partial charge is 0.328 e. The summed E-state index contributed by atoms with van der Waals surface area (Å²) >= 11 is 8.54. The van der Waals surface area contributed by atoms with Crippen LogP contribution in [0.2, 0.25) is 0 Å². The summed E-state index contributed by atoms with van der Waals surface area (Å²) in [4.78, 5) is 13.0. The van der Waals surface area contributed by atoms with E-state index in [0.29, 0.717) is 44.3 Å². The van der Waals surface area contributed by atoms with Crippen molar-refractivity contribution in [3.05, 3.63) is 44.1 Å². The number of hydrogen-bond donors (Lipinski definition) is 4. The van der Waals surface area contributed by atoms with E-state index in [-0.39, 0.29) is 23.9 Å². The fourth-order valence-electron chi connectivity index (χ4n) is 3.74. The minimum Gasteiger partial charge on any atom is -0.506 e. The van der Waals surface area contributed by atoms with Gasteiger partial charge in [-0.25, -0.2) is 4.79 Å². The molecule has 2 aromatic carbocycles. The summed E-state index contributed by atoms with van der Waals surface area (Å²) in [7, 11) is 1.73. The molecular formula is C26H33I4NO6. The van der Waals surface area contributed by atoms with Crippen LogP contribution in [0.25, 0.3) is 0 Å². The number of likely N-dealkylation sites (N-methyl/N-ethyl adjacent to an activating group) is 1. The number of halogens is 4. The Balaban J connectivity index is 1.98. The van der Waals surface area contributed by atoms with Crippen molar-refractivity contribution in [3.63, 3.8) is 0 Å². The molecule has 37 heavy (non-hydrogen) atoms. The second kappa shape index (κ2) is 16.5. The van der Waals surface area contributed by atoms with Crippen molar-refractivity contribution in [2.75, 3.05) is 7.05 Å². The molecule has 0 spiro atoms. The molecule has 2 rings (SSSR count). The molecule has 4 N–H and O–H groups in total. The Kier molecular flexibility index (Phi) is 15.0. The first kappa shape index (κ1) is 33.5. The van der Waals surface area contributed by atoms with Crippen LogP contribution in [0.15, 0.2) is 24.3 Å². The molecule has 0 aliphatic rings. The molecule has 4 unspecified atom stereocenters. The van der Waals surface area contributed by atoms with Crippen molar-refractivity contribution < 1.29 is 29.6 Å². The molecule has 0 fully saturated rings. The van der Waals surface area contributed by atoms with Gasteiger partial charge in [0.25, 0.3) is 0 Å². The quantitative estimate of drug-likeness (QED) is 0.121. The van der Waals surface area contributed by atoms with Crippen LogP contribution in [0.3, 0.4) is 0 Å². The topological polar surface area (TPSA) is 108 Å². The van der Waals surface area contributed by atoms with E-state index < -0.39 is 12.1 Å². The molecule has 0 saturated heterocycles. The van der Waals surface area contributed by atoms with Gasteiger partial charge in [0.15, 0.2) is 5.75 Å². The molecule has 0 saturated carbocycles. The first-order chi connectivity index (χ1) is 17.4. The third-order valence-electron chi connectivity index (χ3n) is 5.71. The van der Waals surface area contributed by atoms with Gasteiger partial charge in [0, 0.05) is 0 Å². The predicted octanol–water partition coefficient (Wildman–Crippen LogP) is 6.88. The van der Waals surface area contributed by atoms with Crippen LogP contribution < -0.4 is 10.1 Å². The van der Waals surface area contributed by atoms with Gasteiger partial charge in [-0.1, -0.05) is 0 Å². The highest BCUT2D eigenvalue weighted by molar-refractivity contribution is 14.1. The first-order valence-electron chi connectivity index (χ1n) is 12.0. The number of carbonyl (C=O) groups excluding carboxylic acids is 1. The maximum atomic E-state index is 13.0. The standard InChI is InChI=1S/C26H33I4NO6/c1-14(32)6-4-8-17(33)9-5-7-15(2)36-26(35)23(31-3)16-10-21(29)25(22(30)11-16)37-18-12-19(27)24(34)20(28)13-18/h10-15,17,23,31-34H,4-9H2,1-3H3. The maximum Gasteiger partial charge on any atom is 0.328 e. The Morgan fingerprint density at radius 2 is 1.43 bits per heavy atom. The highest BCUT2D eigenvalue weighted by Crippen LogP contribution is 2.37. The number of aliphatic hydroxyl groups is 2. The lowest BCUT2D eigenvalue weighted by Gasteiger charge is -2.21. The Bertz CT molecular complexity index is 1010. The van der Waals surface area contributed by atoms with E-state index in [1.165, 1.54) is 0 Å². The van der Waals surface area contributed by atoms with Crippen LogP contribution in [0.5, 0.6) is 17.2 Å². The Morgan fingerprint density at radius 1 is 0.892 bits per heavy atom. The second-order valence-electron chi connectivity index (χ2n) is 8.99. The zero-order valence-electron chi connectivity index (χ0n) is 20.9. The SMILES string of the molecule is CNC(C(=O)OC(C)CCCC(O)CCCC(C)O)c1cc(I)c(Oc2cc(I)c(O)c(I)c2)c(I)c1. The van der Waals surface area contributed by atoms with Gasteiger partial charge in [0.05, 0.1) is 32.6 Å². The van der Waals surface area contributed by atoms with E-state index in [0.717, 1.165) is 25.5 Å². The van der Waals surface area contributed by atoms with Crippen molar-refractivity contribution >= 4 is 96.3 Å². The van der Waals surface area contributed by atoms with Gasteiger partial charge in [0.2, 0.25) is 0 Å². The molecule has 4 atom stereocenters. The van der Waals surface area contributed by atoms with Crippen molar-refractivity contribution in [2.45, 2.75) is 76.7 Å². The fourth-order valence-corrected chi connectivity index (χ4v) is 7.49. The monoisotopic (exact) mass is 963 g/mol. The number of nitrogens with one attached hydrogen (secondary N) is 1. The first-order valence-corrected chi connectivity index (χ1v) is 16.3. The second-order valence-corrected chi connectivity index (χ2v) is 13.6. The molecule has 7 nitrogen and oxygen atoms in total. The van der Waals surface area contributed by atoms with Crippen LogP contribution in [-0.4, -0.2) is 46.6 Å². The molecule has 0 heterocycles. The summed E-state index contributed by atoms with van der Waals surface area (Å²) in [6.07, 6.45) is 3.22. The van der Waals surface area contributed by atoms with Gasteiger partial charge in [-0.2, -0.15) is 0 Å². The van der Waals surface area contributed by atoms with Gasteiger partial charge in [0.1, 0.15) is 17.5 Å². The predicted molar refractivity (Wildman–Crippen MR) is 178 cm³/mol. The van der Waals surface area contributed by atoms with Crippen LogP contribution in [0, 0.1) is 14.3 Å². The summed E-state index contributed by atoms with van der Waals surface area (Å²) in [5, 5.41) is 32.5. The largest absolute Gasteiger partial charge is 0.506 e. The van der Waals surface area contributed by atoms with Crippen molar-refractivity contribution in [1.29, 1.82) is 0 Å². The number of esters is 1. The number of aliphatic hydroxyl groups excluding tert-OH is 2. The molecule has 0 radical (unpaired) electrons. The van der Waals surface area contributed by atoms with E-state index in [1.807, 2.05) is 19.1 Å². The Labute approximate surface area is 273 Å². The van der Waals surface area contributed by atoms with Crippen LogP contribution >= 0.6 is 90.4 Å². The average molecular weight is 963 g/mol. The molecule has 206 valence electrons. The maximum absolute atomic E-state index is 13.0. The molecule has 11 heteroatoms. The number of aromatic hydroxyl groups is 1. The highest BCUT2D eigenvalue weighted by Gasteiger charge is 2.25. The van der Waals surface area contributed by atoms with Gasteiger partial charge in [-0.15, -0.1) is 0 Å². The molecule has 0 aliphatic heterocycles. The molecule has 2 aromatic rings. The third kappa shape index (κ3) is 11.0. The molecule has 0 aromatic heterocycles. The Morgan fingerprint density at radius 3 is 1.95 bits per heavy atom. The van der Waals surface area contributed by atoms with E-state index in [4.69, 9.17) is 9.47 Å². The number of carbonyl (C=O) groups is 1. The average Bonchev–Trinajstić information content (AvgIpc) is 2.80. The van der Waals surface area contributed by atoms with Crippen LogP contribution in [0.1, 0.15) is 64.0 Å². The molecule has 0 amide bonds. The summed E-state index contributed by atoms with van der Waals surface area (Å²) in [5.41, 5.74) is 0.782. The third-order valence-corrected chi connectivity index (χ3v) is 8.96. The molecule has 0 bridgehead atoms. The highest BCUT2D eigenvalue weighted by atomic mass is 127. The number of phenols is 1. The van der Waals surface area contributed by atoms with Crippen LogP contribution in [0.4, 0.5) is 0 Å². The summed E-state index contributed by atoms with van der Waals surface area (Å²) < 4.78 is 15.0. The van der Waals surface area contributed by atoms with E-state index in [2.05, 4.69) is 95.7 Å². The van der Waals surface area contributed by atoms with Gasteiger partial charge < -0.3 is 30.1 Å². The van der Waals surface area contributed by atoms with E-state index >= 15 is 0 Å². The van der Waals surface area contributed by atoms with Crippen molar-refractivity contribution in [1.82, 2.24) is 5.32 Å². The van der Waals surface area contributed by atoms with Crippen molar-refractivity contribution in [3.8, 4) is 17.2 Å². The lowest BCUT2D eigenvalue weighted by molar-refractivity contribution is -0.151. The normalized spacial score (nSPS) is 14.6. The molecule has 0 aliphatic carbocycles. The van der Waals surface area contributed by atoms with E-state index in [1.54, 1.807) is 26.1 Å². The minimum absolute atomic E-state index is 0.238. The zero-order chi connectivity index (χ0) is 27.7. The fraction of sp³-hybridized carbons (Fsp3) is 0.500. The number of ether oxygens (including phenoxy) is 2. The summed E-state index contributed by atoms with van der Waals surface area (Å²) in [6.45, 7) is 3.62. The molecular weight excluding hydrogens is 930 g/mol. The van der Waals surface area contributed by atoms with Gasteiger partial charge in [-0.05, 0) is 180 Å².